The summed E-state index contributed by atoms with van der Waals surface area (Å²) >= 11 is 0. The molecule has 0 aliphatic carbocycles. The van der Waals surface area contributed by atoms with Crippen molar-refractivity contribution in [1.82, 2.24) is 10.2 Å². The Hall–Kier alpha value is -1.06. The predicted octanol–water partition coefficient (Wildman–Crippen LogP) is -0.0534. The van der Waals surface area contributed by atoms with Gasteiger partial charge in [0.25, 0.3) is 5.91 Å². The van der Waals surface area contributed by atoms with Crippen LogP contribution in [0.5, 0.6) is 0 Å². The largest absolute Gasteiger partial charge is 0.326 e. The van der Waals surface area contributed by atoms with Crippen molar-refractivity contribution in [3.63, 3.8) is 0 Å². The number of imide groups is 1. The van der Waals surface area contributed by atoms with E-state index in [0.717, 1.165) is 4.90 Å². The molecular formula is C6H10N2O2. The molecule has 0 saturated carbocycles. The Morgan fingerprint density at radius 1 is 1.60 bits per heavy atom. The summed E-state index contributed by atoms with van der Waals surface area (Å²) in [6.45, 7) is 1.86. The second-order valence-electron chi connectivity index (χ2n) is 2.31. The van der Waals surface area contributed by atoms with Crippen LogP contribution in [0.15, 0.2) is 0 Å². The molecule has 0 aromatic heterocycles. The molecule has 0 aromatic rings. The molecule has 1 heterocycles. The minimum atomic E-state index is -0.295. The zero-order chi connectivity index (χ0) is 7.72. The van der Waals surface area contributed by atoms with Crippen molar-refractivity contribution in [2.45, 2.75) is 19.4 Å². The predicted molar refractivity (Wildman–Crippen MR) is 35.4 cm³/mol. The molecule has 0 radical (unpaired) electrons. The molecule has 0 unspecified atom stereocenters. The number of carbonyl (C=O) groups is 2. The Bertz CT molecular complexity index is 179. The summed E-state index contributed by atoms with van der Waals surface area (Å²) < 4.78 is 0. The number of nitrogens with one attached hydrogen (secondary N) is 1. The number of amides is 3. The van der Waals surface area contributed by atoms with Gasteiger partial charge in [0.05, 0.1) is 0 Å². The lowest BCUT2D eigenvalue weighted by Gasteiger charge is -2.02. The van der Waals surface area contributed by atoms with Crippen molar-refractivity contribution >= 4 is 11.9 Å². The van der Waals surface area contributed by atoms with Crippen molar-refractivity contribution < 1.29 is 9.59 Å². The first kappa shape index (κ1) is 7.05. The molecule has 1 aliphatic rings. The molecule has 0 bridgehead atoms. The van der Waals surface area contributed by atoms with E-state index in [-0.39, 0.29) is 18.0 Å². The maximum atomic E-state index is 11.0. The molecular weight excluding hydrogens is 132 g/mol. The molecule has 3 amide bonds. The fourth-order valence-electron chi connectivity index (χ4n) is 0.918. The lowest BCUT2D eigenvalue weighted by molar-refractivity contribution is -0.126. The molecule has 1 saturated heterocycles. The standard InChI is InChI=1S/C6H10N2O2/c1-3-4-5(9)8(2)6(10)7-4/h4H,3H2,1-2H3,(H,7,10)/t4-/m1/s1. The molecule has 0 aromatic carbocycles. The molecule has 1 atom stereocenters. The highest BCUT2D eigenvalue weighted by molar-refractivity contribution is 6.03. The average molecular weight is 142 g/mol. The van der Waals surface area contributed by atoms with Gasteiger partial charge in [0.15, 0.2) is 0 Å². The molecule has 1 N–H and O–H groups in total. The van der Waals surface area contributed by atoms with Gasteiger partial charge in [-0.1, -0.05) is 6.92 Å². The van der Waals surface area contributed by atoms with Crippen molar-refractivity contribution in [2.24, 2.45) is 0 Å². The summed E-state index contributed by atoms with van der Waals surface area (Å²) in [4.78, 5) is 22.8. The van der Waals surface area contributed by atoms with E-state index in [0.29, 0.717) is 6.42 Å². The smallest absolute Gasteiger partial charge is 0.324 e. The minimum absolute atomic E-state index is 0.132. The number of carbonyl (C=O) groups excluding carboxylic acids is 2. The van der Waals surface area contributed by atoms with E-state index in [2.05, 4.69) is 5.32 Å². The second kappa shape index (κ2) is 2.28. The van der Waals surface area contributed by atoms with Gasteiger partial charge < -0.3 is 5.32 Å². The van der Waals surface area contributed by atoms with Crippen molar-refractivity contribution in [3.8, 4) is 0 Å². The summed E-state index contributed by atoms with van der Waals surface area (Å²) in [5.74, 6) is -0.132. The number of hydrogen-bond acceptors (Lipinski definition) is 2. The van der Waals surface area contributed by atoms with Gasteiger partial charge in [0.2, 0.25) is 0 Å². The van der Waals surface area contributed by atoms with Crippen molar-refractivity contribution in [2.75, 3.05) is 7.05 Å². The molecule has 4 heteroatoms. The highest BCUT2D eigenvalue weighted by atomic mass is 16.2. The number of hydrogen-bond donors (Lipinski definition) is 1. The molecule has 1 aliphatic heterocycles. The topological polar surface area (TPSA) is 49.4 Å². The van der Waals surface area contributed by atoms with Gasteiger partial charge in [-0.2, -0.15) is 0 Å². The van der Waals surface area contributed by atoms with E-state index in [4.69, 9.17) is 0 Å². The Labute approximate surface area is 59.2 Å². The maximum Gasteiger partial charge on any atom is 0.324 e. The summed E-state index contributed by atoms with van der Waals surface area (Å²) in [6.07, 6.45) is 0.662. The fraction of sp³-hybridized carbons (Fsp3) is 0.667. The zero-order valence-electron chi connectivity index (χ0n) is 6.05. The highest BCUT2D eigenvalue weighted by Crippen LogP contribution is 2.05. The van der Waals surface area contributed by atoms with E-state index in [1.807, 2.05) is 6.92 Å². The van der Waals surface area contributed by atoms with E-state index in [1.54, 1.807) is 0 Å². The van der Waals surface area contributed by atoms with Crippen LogP contribution in [0.3, 0.4) is 0 Å². The summed E-state index contributed by atoms with van der Waals surface area (Å²) in [7, 11) is 1.48. The van der Waals surface area contributed by atoms with Crippen LogP contribution in [-0.2, 0) is 4.79 Å². The molecule has 56 valence electrons. The van der Waals surface area contributed by atoms with Gasteiger partial charge in [-0.3, -0.25) is 9.69 Å². The Morgan fingerprint density at radius 3 is 2.40 bits per heavy atom. The molecule has 10 heavy (non-hydrogen) atoms. The third-order valence-electron chi connectivity index (χ3n) is 1.64. The van der Waals surface area contributed by atoms with Gasteiger partial charge in [-0.15, -0.1) is 0 Å². The number of urea groups is 1. The second-order valence-corrected chi connectivity index (χ2v) is 2.31. The van der Waals surface area contributed by atoms with Crippen LogP contribution in [0, 0.1) is 0 Å². The van der Waals surface area contributed by atoms with Crippen LogP contribution >= 0.6 is 0 Å². The first-order valence-electron chi connectivity index (χ1n) is 3.25. The Morgan fingerprint density at radius 2 is 2.20 bits per heavy atom. The lowest BCUT2D eigenvalue weighted by atomic mass is 10.2. The quantitative estimate of drug-likeness (QED) is 0.522. The molecule has 4 nitrogen and oxygen atoms in total. The zero-order valence-corrected chi connectivity index (χ0v) is 6.05. The van der Waals surface area contributed by atoms with Crippen LogP contribution in [-0.4, -0.2) is 29.9 Å². The number of likely N-dealkylation sites (N-methyl/N-ethyl adjacent to an activating group) is 1. The van der Waals surface area contributed by atoms with Gasteiger partial charge in [0, 0.05) is 7.05 Å². The SMILES string of the molecule is CC[C@H]1NC(=O)N(C)C1=O. The van der Waals surface area contributed by atoms with Crippen molar-refractivity contribution in [3.05, 3.63) is 0 Å². The van der Waals surface area contributed by atoms with E-state index < -0.39 is 0 Å². The number of rotatable bonds is 1. The summed E-state index contributed by atoms with van der Waals surface area (Å²) in [6, 6.07) is -0.589. The first-order chi connectivity index (χ1) is 4.66. The third-order valence-corrected chi connectivity index (χ3v) is 1.64. The minimum Gasteiger partial charge on any atom is -0.326 e. The maximum absolute atomic E-state index is 11.0. The van der Waals surface area contributed by atoms with Crippen LogP contribution < -0.4 is 5.32 Å². The molecule has 1 rings (SSSR count). The van der Waals surface area contributed by atoms with Gasteiger partial charge in [-0.25, -0.2) is 4.79 Å². The Balaban J connectivity index is 2.71. The normalized spacial score (nSPS) is 25.4. The fourth-order valence-corrected chi connectivity index (χ4v) is 0.918. The van der Waals surface area contributed by atoms with Crippen LogP contribution in [0.4, 0.5) is 4.79 Å². The van der Waals surface area contributed by atoms with Gasteiger partial charge in [-0.05, 0) is 6.42 Å². The first-order valence-corrected chi connectivity index (χ1v) is 3.25. The summed E-state index contributed by atoms with van der Waals surface area (Å²) in [5, 5.41) is 2.54. The van der Waals surface area contributed by atoms with Gasteiger partial charge >= 0.3 is 6.03 Å². The molecule has 1 fully saturated rings. The van der Waals surface area contributed by atoms with Crippen LogP contribution in [0.2, 0.25) is 0 Å². The van der Waals surface area contributed by atoms with Crippen LogP contribution in [0.25, 0.3) is 0 Å². The van der Waals surface area contributed by atoms with Gasteiger partial charge in [0.1, 0.15) is 6.04 Å². The molecule has 0 spiro atoms. The number of nitrogens with zero attached hydrogens (tertiary/aromatic N) is 1. The third kappa shape index (κ3) is 0.853. The average Bonchev–Trinajstić information content (AvgIpc) is 2.17. The van der Waals surface area contributed by atoms with E-state index in [1.165, 1.54) is 7.05 Å². The highest BCUT2D eigenvalue weighted by Gasteiger charge is 2.33. The monoisotopic (exact) mass is 142 g/mol. The lowest BCUT2D eigenvalue weighted by Crippen LogP contribution is -2.27. The van der Waals surface area contributed by atoms with E-state index in [9.17, 15) is 9.59 Å². The van der Waals surface area contributed by atoms with Crippen molar-refractivity contribution in [1.29, 1.82) is 0 Å². The van der Waals surface area contributed by atoms with E-state index >= 15 is 0 Å². The summed E-state index contributed by atoms with van der Waals surface area (Å²) in [5.41, 5.74) is 0. The Kier molecular flexibility index (Phi) is 1.61. The van der Waals surface area contributed by atoms with Crippen LogP contribution in [0.1, 0.15) is 13.3 Å².